The van der Waals surface area contributed by atoms with Crippen LogP contribution in [0.4, 0.5) is 4.39 Å². The van der Waals surface area contributed by atoms with Gasteiger partial charge in [0.2, 0.25) is 5.91 Å². The average molecular weight is 425 g/mol. The Morgan fingerprint density at radius 3 is 2.47 bits per heavy atom. The molecule has 30 heavy (non-hydrogen) atoms. The molecule has 7 heteroatoms. The van der Waals surface area contributed by atoms with E-state index in [1.165, 1.54) is 43.2 Å². The SMILES string of the molecule is CN(C(=O)CSc1nnc(-c2ccccc2)n1-c1ccc(F)cc1)C1CCCCC1. The van der Waals surface area contributed by atoms with Crippen LogP contribution in [0.15, 0.2) is 59.8 Å². The van der Waals surface area contributed by atoms with Crippen LogP contribution in [0.25, 0.3) is 17.1 Å². The molecular formula is C23H25FN4OS. The number of carbonyl (C=O) groups is 1. The first kappa shape index (κ1) is 20.6. The molecule has 1 aromatic heterocycles. The summed E-state index contributed by atoms with van der Waals surface area (Å²) in [7, 11) is 1.90. The maximum Gasteiger partial charge on any atom is 0.233 e. The normalized spacial score (nSPS) is 14.6. The molecule has 1 aliphatic rings. The average Bonchev–Trinajstić information content (AvgIpc) is 3.22. The molecule has 0 atom stereocenters. The Hall–Kier alpha value is -2.67. The van der Waals surface area contributed by atoms with E-state index in [1.54, 1.807) is 12.1 Å². The second kappa shape index (κ2) is 9.43. The van der Waals surface area contributed by atoms with E-state index in [1.807, 2.05) is 46.8 Å². The third kappa shape index (κ3) is 4.56. The molecule has 1 heterocycles. The molecule has 0 spiro atoms. The van der Waals surface area contributed by atoms with Crippen LogP contribution in [0.1, 0.15) is 32.1 Å². The van der Waals surface area contributed by atoms with Gasteiger partial charge in [-0.1, -0.05) is 61.4 Å². The monoisotopic (exact) mass is 424 g/mol. The summed E-state index contributed by atoms with van der Waals surface area (Å²) in [5.41, 5.74) is 1.67. The van der Waals surface area contributed by atoms with Crippen LogP contribution in [0, 0.1) is 5.82 Å². The van der Waals surface area contributed by atoms with Gasteiger partial charge in [-0.3, -0.25) is 9.36 Å². The van der Waals surface area contributed by atoms with Crippen LogP contribution in [0.5, 0.6) is 0 Å². The van der Waals surface area contributed by atoms with Gasteiger partial charge in [-0.25, -0.2) is 4.39 Å². The minimum Gasteiger partial charge on any atom is -0.342 e. The Labute approximate surface area is 180 Å². The van der Waals surface area contributed by atoms with E-state index in [2.05, 4.69) is 10.2 Å². The van der Waals surface area contributed by atoms with Crippen molar-refractivity contribution in [2.24, 2.45) is 0 Å². The van der Waals surface area contributed by atoms with Crippen LogP contribution in [0.2, 0.25) is 0 Å². The molecule has 4 rings (SSSR count). The number of thioether (sulfide) groups is 1. The second-order valence-corrected chi connectivity index (χ2v) is 8.51. The highest BCUT2D eigenvalue weighted by atomic mass is 32.2. The zero-order valence-corrected chi connectivity index (χ0v) is 17.8. The molecule has 1 amide bonds. The number of benzene rings is 2. The molecule has 1 aliphatic carbocycles. The fourth-order valence-corrected chi connectivity index (χ4v) is 4.74. The summed E-state index contributed by atoms with van der Waals surface area (Å²) < 4.78 is 15.4. The molecular weight excluding hydrogens is 399 g/mol. The Balaban J connectivity index is 1.57. The lowest BCUT2D eigenvalue weighted by Gasteiger charge is -2.31. The molecule has 0 saturated heterocycles. The van der Waals surface area contributed by atoms with Gasteiger partial charge in [0.1, 0.15) is 5.82 Å². The van der Waals surface area contributed by atoms with Crippen molar-refractivity contribution in [1.82, 2.24) is 19.7 Å². The van der Waals surface area contributed by atoms with Gasteiger partial charge in [-0.05, 0) is 37.1 Å². The van der Waals surface area contributed by atoms with Crippen molar-refractivity contribution in [2.45, 2.75) is 43.3 Å². The molecule has 0 unspecified atom stereocenters. The fraction of sp³-hybridized carbons (Fsp3) is 0.348. The lowest BCUT2D eigenvalue weighted by molar-refractivity contribution is -0.129. The van der Waals surface area contributed by atoms with Crippen LogP contribution >= 0.6 is 11.8 Å². The van der Waals surface area contributed by atoms with E-state index in [0.29, 0.717) is 22.8 Å². The predicted molar refractivity (Wildman–Crippen MR) is 117 cm³/mol. The zero-order valence-electron chi connectivity index (χ0n) is 17.0. The summed E-state index contributed by atoms with van der Waals surface area (Å²) in [6.45, 7) is 0. The van der Waals surface area contributed by atoms with Crippen molar-refractivity contribution in [1.29, 1.82) is 0 Å². The molecule has 0 N–H and O–H groups in total. The lowest BCUT2D eigenvalue weighted by atomic mass is 9.94. The number of amides is 1. The largest absolute Gasteiger partial charge is 0.342 e. The van der Waals surface area contributed by atoms with Gasteiger partial charge in [0.15, 0.2) is 11.0 Å². The lowest BCUT2D eigenvalue weighted by Crippen LogP contribution is -2.39. The summed E-state index contributed by atoms with van der Waals surface area (Å²) in [4.78, 5) is 14.7. The fourth-order valence-electron chi connectivity index (χ4n) is 3.86. The Morgan fingerprint density at radius 1 is 1.07 bits per heavy atom. The Bertz CT molecular complexity index is 984. The van der Waals surface area contributed by atoms with Crippen molar-refractivity contribution in [2.75, 3.05) is 12.8 Å². The smallest absolute Gasteiger partial charge is 0.233 e. The van der Waals surface area contributed by atoms with E-state index in [4.69, 9.17) is 0 Å². The van der Waals surface area contributed by atoms with Crippen molar-refractivity contribution >= 4 is 17.7 Å². The van der Waals surface area contributed by atoms with Gasteiger partial charge in [0, 0.05) is 24.3 Å². The van der Waals surface area contributed by atoms with Gasteiger partial charge < -0.3 is 4.90 Å². The number of halogens is 1. The van der Waals surface area contributed by atoms with E-state index in [-0.39, 0.29) is 11.7 Å². The molecule has 0 aliphatic heterocycles. The van der Waals surface area contributed by atoms with Crippen molar-refractivity contribution in [3.8, 4) is 17.1 Å². The molecule has 0 radical (unpaired) electrons. The summed E-state index contributed by atoms with van der Waals surface area (Å²) in [6, 6.07) is 16.3. The number of carbonyl (C=O) groups excluding carboxylic acids is 1. The van der Waals surface area contributed by atoms with Gasteiger partial charge in [-0.2, -0.15) is 0 Å². The van der Waals surface area contributed by atoms with Crippen LogP contribution in [-0.4, -0.2) is 44.4 Å². The highest BCUT2D eigenvalue weighted by Crippen LogP contribution is 2.29. The molecule has 5 nitrogen and oxygen atoms in total. The maximum absolute atomic E-state index is 13.5. The van der Waals surface area contributed by atoms with Gasteiger partial charge in [0.05, 0.1) is 5.75 Å². The van der Waals surface area contributed by atoms with Crippen LogP contribution in [0.3, 0.4) is 0 Å². The zero-order chi connectivity index (χ0) is 20.9. The highest BCUT2D eigenvalue weighted by molar-refractivity contribution is 7.99. The number of nitrogens with zero attached hydrogens (tertiary/aromatic N) is 4. The standard InChI is InChI=1S/C23H25FN4OS/c1-27(19-10-6-3-7-11-19)21(29)16-30-23-26-25-22(17-8-4-2-5-9-17)28(23)20-14-12-18(24)13-15-20/h2,4-5,8-9,12-15,19H,3,6-7,10-11,16H2,1H3. The number of aromatic nitrogens is 3. The van der Waals surface area contributed by atoms with Crippen LogP contribution in [-0.2, 0) is 4.79 Å². The number of hydrogen-bond donors (Lipinski definition) is 0. The Morgan fingerprint density at radius 2 is 1.77 bits per heavy atom. The van der Waals surface area contributed by atoms with Crippen LogP contribution < -0.4 is 0 Å². The maximum atomic E-state index is 13.5. The van der Waals surface area contributed by atoms with Crippen molar-refractivity contribution < 1.29 is 9.18 Å². The number of hydrogen-bond acceptors (Lipinski definition) is 4. The van der Waals surface area contributed by atoms with E-state index in [0.717, 1.165) is 24.1 Å². The predicted octanol–water partition coefficient (Wildman–Crippen LogP) is 4.96. The number of rotatable bonds is 6. The van der Waals surface area contributed by atoms with Gasteiger partial charge in [0.25, 0.3) is 0 Å². The molecule has 2 aromatic carbocycles. The molecule has 1 saturated carbocycles. The first-order valence-electron chi connectivity index (χ1n) is 10.3. The van der Waals surface area contributed by atoms with E-state index >= 15 is 0 Å². The van der Waals surface area contributed by atoms with Gasteiger partial charge >= 0.3 is 0 Å². The molecule has 3 aromatic rings. The summed E-state index contributed by atoms with van der Waals surface area (Å²) in [5.74, 6) is 0.757. The first-order valence-corrected chi connectivity index (χ1v) is 11.3. The van der Waals surface area contributed by atoms with Gasteiger partial charge in [-0.15, -0.1) is 10.2 Å². The van der Waals surface area contributed by atoms with E-state index < -0.39 is 0 Å². The molecule has 0 bridgehead atoms. The second-order valence-electron chi connectivity index (χ2n) is 7.57. The highest BCUT2D eigenvalue weighted by Gasteiger charge is 2.23. The molecule has 156 valence electrons. The van der Waals surface area contributed by atoms with Crippen molar-refractivity contribution in [3.05, 3.63) is 60.4 Å². The Kier molecular flexibility index (Phi) is 6.47. The first-order chi connectivity index (χ1) is 14.6. The third-order valence-electron chi connectivity index (χ3n) is 5.59. The van der Waals surface area contributed by atoms with Crippen molar-refractivity contribution in [3.63, 3.8) is 0 Å². The quantitative estimate of drug-likeness (QED) is 0.525. The van der Waals surface area contributed by atoms with E-state index in [9.17, 15) is 9.18 Å². The minimum absolute atomic E-state index is 0.0989. The minimum atomic E-state index is -0.299. The molecule has 1 fully saturated rings. The summed E-state index contributed by atoms with van der Waals surface area (Å²) >= 11 is 1.37. The topological polar surface area (TPSA) is 51.0 Å². The third-order valence-corrected chi connectivity index (χ3v) is 6.50. The summed E-state index contributed by atoms with van der Waals surface area (Å²) in [5, 5.41) is 9.33. The summed E-state index contributed by atoms with van der Waals surface area (Å²) in [6.07, 6.45) is 5.80.